The van der Waals surface area contributed by atoms with E-state index >= 15 is 0 Å². The maximum atomic E-state index is 12.9. The lowest BCUT2D eigenvalue weighted by molar-refractivity contribution is -0.144. The first-order valence-corrected chi connectivity index (χ1v) is 12.5. The minimum atomic E-state index is -1.43. The monoisotopic (exact) mass is 520 g/mol. The number of carboxylic acids is 3. The molecule has 13 nitrogen and oxygen atoms in total. The molecule has 0 aliphatic rings. The van der Waals surface area contributed by atoms with Crippen LogP contribution in [0.15, 0.2) is 0 Å². The normalized spacial score (nSPS) is 15.1. The Balaban J connectivity index is 5.64. The van der Waals surface area contributed by atoms with E-state index in [9.17, 15) is 33.9 Å². The predicted octanol–water partition coefficient (Wildman–Crippen LogP) is -0.618. The van der Waals surface area contributed by atoms with E-state index in [1.54, 1.807) is 13.8 Å². The number of nitrogens with one attached hydrogen (secondary N) is 3. The third kappa shape index (κ3) is 13.0. The zero-order chi connectivity index (χ0) is 27.1. The summed E-state index contributed by atoms with van der Waals surface area (Å²) >= 11 is 1.47. The van der Waals surface area contributed by atoms with Crippen molar-refractivity contribution in [3.05, 3.63) is 0 Å². The summed E-state index contributed by atoms with van der Waals surface area (Å²) in [6.45, 7) is 3.34. The fourth-order valence-electron chi connectivity index (χ4n) is 2.94. The molecule has 8 N–H and O–H groups in total. The molecule has 0 aromatic heterocycles. The van der Waals surface area contributed by atoms with Crippen molar-refractivity contribution in [3.63, 3.8) is 0 Å². The summed E-state index contributed by atoms with van der Waals surface area (Å²) in [6.07, 6.45) is 0.934. The molecule has 0 aliphatic heterocycles. The van der Waals surface area contributed by atoms with Gasteiger partial charge < -0.3 is 37.0 Å². The lowest BCUT2D eigenvalue weighted by Gasteiger charge is -2.26. The van der Waals surface area contributed by atoms with Crippen LogP contribution in [-0.2, 0) is 28.8 Å². The zero-order valence-corrected chi connectivity index (χ0v) is 20.9. The van der Waals surface area contributed by atoms with Crippen LogP contribution in [0, 0.1) is 5.92 Å². The van der Waals surface area contributed by atoms with Crippen LogP contribution in [0.5, 0.6) is 0 Å². The maximum Gasteiger partial charge on any atom is 0.326 e. The number of rotatable bonds is 18. The van der Waals surface area contributed by atoms with Crippen molar-refractivity contribution in [1.29, 1.82) is 0 Å². The highest BCUT2D eigenvalue weighted by Gasteiger charge is 2.32. The summed E-state index contributed by atoms with van der Waals surface area (Å²) in [5, 5.41) is 34.4. The highest BCUT2D eigenvalue weighted by Crippen LogP contribution is 2.10. The van der Waals surface area contributed by atoms with Gasteiger partial charge in [0, 0.05) is 12.8 Å². The van der Waals surface area contributed by atoms with Crippen LogP contribution in [0.2, 0.25) is 0 Å². The van der Waals surface area contributed by atoms with Crippen LogP contribution in [0.25, 0.3) is 0 Å². The van der Waals surface area contributed by atoms with E-state index in [4.69, 9.17) is 15.9 Å². The molecular formula is C21H36N4O9S. The third-order valence-corrected chi connectivity index (χ3v) is 5.95. The molecule has 0 saturated heterocycles. The molecule has 0 fully saturated rings. The molecule has 35 heavy (non-hydrogen) atoms. The SMILES string of the molecule is CCC(C)C(NC(=O)C(CCC(=O)O)NC(=O)C(CCC(=O)O)NC(=O)C(N)CCSC)C(=O)O. The highest BCUT2D eigenvalue weighted by molar-refractivity contribution is 7.98. The Hall–Kier alpha value is -2.87. The highest BCUT2D eigenvalue weighted by atomic mass is 32.2. The van der Waals surface area contributed by atoms with Gasteiger partial charge >= 0.3 is 17.9 Å². The Morgan fingerprint density at radius 3 is 1.66 bits per heavy atom. The van der Waals surface area contributed by atoms with Gasteiger partial charge in [-0.2, -0.15) is 11.8 Å². The smallest absolute Gasteiger partial charge is 0.326 e. The second-order valence-electron chi connectivity index (χ2n) is 8.09. The maximum absolute atomic E-state index is 12.9. The van der Waals surface area contributed by atoms with Gasteiger partial charge in [0.25, 0.3) is 0 Å². The van der Waals surface area contributed by atoms with Crippen molar-refractivity contribution in [3.8, 4) is 0 Å². The van der Waals surface area contributed by atoms with Gasteiger partial charge in [-0.1, -0.05) is 20.3 Å². The van der Waals surface area contributed by atoms with Gasteiger partial charge in [-0.05, 0) is 37.2 Å². The molecule has 0 aromatic rings. The Morgan fingerprint density at radius 1 is 0.800 bits per heavy atom. The van der Waals surface area contributed by atoms with Crippen LogP contribution >= 0.6 is 11.8 Å². The molecule has 0 radical (unpaired) electrons. The van der Waals surface area contributed by atoms with Gasteiger partial charge in [0.1, 0.15) is 18.1 Å². The summed E-state index contributed by atoms with van der Waals surface area (Å²) in [7, 11) is 0. The van der Waals surface area contributed by atoms with E-state index in [0.717, 1.165) is 0 Å². The largest absolute Gasteiger partial charge is 0.481 e. The molecule has 200 valence electrons. The molecule has 0 aliphatic carbocycles. The number of amides is 3. The molecule has 5 unspecified atom stereocenters. The van der Waals surface area contributed by atoms with Gasteiger partial charge in [-0.3, -0.25) is 24.0 Å². The Morgan fingerprint density at radius 2 is 1.26 bits per heavy atom. The molecule has 0 bridgehead atoms. The number of thioether (sulfide) groups is 1. The Labute approximate surface area is 208 Å². The first-order valence-electron chi connectivity index (χ1n) is 11.2. The van der Waals surface area contributed by atoms with Crippen LogP contribution < -0.4 is 21.7 Å². The molecule has 5 atom stereocenters. The molecule has 0 spiro atoms. The third-order valence-electron chi connectivity index (χ3n) is 5.31. The molecule has 0 heterocycles. The summed E-state index contributed by atoms with van der Waals surface area (Å²) in [6, 6.07) is -5.00. The number of carbonyl (C=O) groups excluding carboxylic acids is 3. The van der Waals surface area contributed by atoms with Gasteiger partial charge in [0.2, 0.25) is 17.7 Å². The average Bonchev–Trinajstić information content (AvgIpc) is 2.79. The van der Waals surface area contributed by atoms with E-state index in [1.165, 1.54) is 11.8 Å². The fourth-order valence-corrected chi connectivity index (χ4v) is 3.43. The summed E-state index contributed by atoms with van der Waals surface area (Å²) < 4.78 is 0. The lowest BCUT2D eigenvalue weighted by Crippen LogP contribution is -2.57. The lowest BCUT2D eigenvalue weighted by atomic mass is 9.98. The number of aliphatic carboxylic acids is 3. The van der Waals surface area contributed by atoms with Crippen molar-refractivity contribution >= 4 is 47.4 Å². The number of carboxylic acid groups (broad SMARTS) is 3. The minimum absolute atomic E-state index is 0.306. The average molecular weight is 521 g/mol. The number of nitrogens with two attached hydrogens (primary N) is 1. The van der Waals surface area contributed by atoms with Gasteiger partial charge in [0.05, 0.1) is 6.04 Å². The van der Waals surface area contributed by atoms with Gasteiger partial charge in [0.15, 0.2) is 0 Å². The van der Waals surface area contributed by atoms with E-state index in [0.29, 0.717) is 18.6 Å². The second kappa shape index (κ2) is 16.7. The van der Waals surface area contributed by atoms with Crippen molar-refractivity contribution in [2.24, 2.45) is 11.7 Å². The fraction of sp³-hybridized carbons (Fsp3) is 0.714. The van der Waals surface area contributed by atoms with Crippen molar-refractivity contribution < 1.29 is 44.1 Å². The van der Waals surface area contributed by atoms with Crippen molar-refractivity contribution in [2.75, 3.05) is 12.0 Å². The van der Waals surface area contributed by atoms with E-state index in [1.807, 2.05) is 6.26 Å². The quantitative estimate of drug-likeness (QED) is 0.120. The standard InChI is InChI=1S/C21H36N4O9S/c1-4-11(2)17(21(33)34)25-20(32)14(6-8-16(28)29)24-19(31)13(5-7-15(26)27)23-18(30)12(22)9-10-35-3/h11-14,17H,4-10,22H2,1-3H3,(H,23,30)(H,24,31)(H,25,32)(H,26,27)(H,28,29)(H,33,34). The second-order valence-corrected chi connectivity index (χ2v) is 9.07. The first kappa shape index (κ1) is 32.1. The minimum Gasteiger partial charge on any atom is -0.481 e. The number of hydrogen-bond acceptors (Lipinski definition) is 8. The van der Waals surface area contributed by atoms with E-state index in [2.05, 4.69) is 16.0 Å². The predicted molar refractivity (Wildman–Crippen MR) is 128 cm³/mol. The Bertz CT molecular complexity index is 765. The van der Waals surface area contributed by atoms with Crippen LogP contribution in [-0.4, -0.2) is 87.1 Å². The van der Waals surface area contributed by atoms with Crippen molar-refractivity contribution in [2.45, 2.75) is 76.5 Å². The molecule has 0 saturated carbocycles. The number of hydrogen-bond donors (Lipinski definition) is 7. The van der Waals surface area contributed by atoms with Crippen LogP contribution in [0.4, 0.5) is 0 Å². The summed E-state index contributed by atoms with van der Waals surface area (Å²) in [5.41, 5.74) is 5.80. The van der Waals surface area contributed by atoms with E-state index in [-0.39, 0.29) is 12.8 Å². The van der Waals surface area contributed by atoms with Gasteiger partial charge in [-0.25, -0.2) is 4.79 Å². The summed E-state index contributed by atoms with van der Waals surface area (Å²) in [5.74, 6) is -6.13. The molecule has 14 heteroatoms. The van der Waals surface area contributed by atoms with Crippen LogP contribution in [0.1, 0.15) is 52.4 Å². The van der Waals surface area contributed by atoms with E-state index < -0.39 is 78.6 Å². The Kier molecular flexibility index (Phi) is 15.3. The van der Waals surface area contributed by atoms with Crippen LogP contribution in [0.3, 0.4) is 0 Å². The molecule has 3 amide bonds. The first-order chi connectivity index (χ1) is 16.3. The summed E-state index contributed by atoms with van der Waals surface area (Å²) in [4.78, 5) is 71.6. The van der Waals surface area contributed by atoms with Gasteiger partial charge in [-0.15, -0.1) is 0 Å². The molecule has 0 rings (SSSR count). The van der Waals surface area contributed by atoms with Crippen molar-refractivity contribution in [1.82, 2.24) is 16.0 Å². The molecular weight excluding hydrogens is 484 g/mol. The number of carbonyl (C=O) groups is 6. The zero-order valence-electron chi connectivity index (χ0n) is 20.1. The topological polar surface area (TPSA) is 225 Å². The molecule has 0 aromatic carbocycles.